The zero-order chi connectivity index (χ0) is 23.8. The van der Waals surface area contributed by atoms with Crippen molar-refractivity contribution in [1.82, 2.24) is 10.2 Å². The molecular formula is C25H42N2O5. The summed E-state index contributed by atoms with van der Waals surface area (Å²) in [5.41, 5.74) is 0. The molecule has 1 aliphatic heterocycles. The van der Waals surface area contributed by atoms with E-state index < -0.39 is 29.8 Å². The largest absolute Gasteiger partial charge is 0.466 e. The summed E-state index contributed by atoms with van der Waals surface area (Å²) in [4.78, 5) is 41.7. The third-order valence-electron chi connectivity index (χ3n) is 6.67. The Labute approximate surface area is 192 Å². The van der Waals surface area contributed by atoms with Gasteiger partial charge in [-0.15, -0.1) is 0 Å². The van der Waals surface area contributed by atoms with E-state index in [1.165, 1.54) is 0 Å². The van der Waals surface area contributed by atoms with Crippen molar-refractivity contribution in [2.24, 2.45) is 29.6 Å². The molecule has 1 aliphatic carbocycles. The number of amides is 2. The molecular weight excluding hydrogens is 408 g/mol. The van der Waals surface area contributed by atoms with Crippen LogP contribution >= 0.6 is 0 Å². The third-order valence-corrected chi connectivity index (χ3v) is 6.67. The van der Waals surface area contributed by atoms with Gasteiger partial charge in [-0.05, 0) is 38.0 Å². The number of fused-ring (bicyclic) bond motifs is 1. The van der Waals surface area contributed by atoms with Crippen LogP contribution in [0.25, 0.3) is 0 Å². The normalized spacial score (nSPS) is 28.0. The lowest BCUT2D eigenvalue weighted by atomic mass is 9.69. The first-order valence-electron chi connectivity index (χ1n) is 12.4. The molecule has 0 aromatic heterocycles. The molecule has 6 atom stereocenters. The van der Waals surface area contributed by atoms with Gasteiger partial charge in [0.05, 0.1) is 31.1 Å². The second kappa shape index (κ2) is 12.4. The Morgan fingerprint density at radius 2 is 1.91 bits per heavy atom. The Bertz CT molecular complexity index is 677. The van der Waals surface area contributed by atoms with Gasteiger partial charge in [0.2, 0.25) is 11.8 Å². The van der Waals surface area contributed by atoms with Crippen molar-refractivity contribution in [2.45, 2.75) is 78.8 Å². The summed E-state index contributed by atoms with van der Waals surface area (Å²) in [5, 5.41) is 13.1. The highest BCUT2D eigenvalue weighted by molar-refractivity contribution is 5.96. The van der Waals surface area contributed by atoms with Gasteiger partial charge in [0, 0.05) is 12.5 Å². The summed E-state index contributed by atoms with van der Waals surface area (Å²) in [5.74, 6) is -2.29. The maximum Gasteiger partial charge on any atom is 0.310 e. The molecule has 7 heteroatoms. The molecule has 7 nitrogen and oxygen atoms in total. The highest BCUT2D eigenvalue weighted by atomic mass is 16.5. The monoisotopic (exact) mass is 450 g/mol. The van der Waals surface area contributed by atoms with E-state index in [2.05, 4.69) is 19.2 Å². The third kappa shape index (κ3) is 5.72. The maximum atomic E-state index is 13.8. The maximum absolute atomic E-state index is 13.8. The van der Waals surface area contributed by atoms with E-state index >= 15 is 0 Å². The number of unbranched alkanes of at least 4 members (excludes halogenated alkanes) is 1. The lowest BCUT2D eigenvalue weighted by molar-refractivity contribution is -0.156. The molecule has 2 amide bonds. The minimum Gasteiger partial charge on any atom is -0.466 e. The zero-order valence-electron chi connectivity index (χ0n) is 20.4. The van der Waals surface area contributed by atoms with E-state index in [0.717, 1.165) is 25.7 Å². The van der Waals surface area contributed by atoms with Crippen LogP contribution in [0.15, 0.2) is 12.2 Å². The summed E-state index contributed by atoms with van der Waals surface area (Å²) in [6, 6.07) is -1.19. The number of hydrogen-bond donors (Lipinski definition) is 2. The summed E-state index contributed by atoms with van der Waals surface area (Å²) >= 11 is 0. The molecule has 0 unspecified atom stereocenters. The van der Waals surface area contributed by atoms with E-state index in [0.29, 0.717) is 13.0 Å². The molecule has 2 N–H and O–H groups in total. The fourth-order valence-corrected chi connectivity index (χ4v) is 5.32. The molecule has 32 heavy (non-hydrogen) atoms. The minimum absolute atomic E-state index is 0.0920. The summed E-state index contributed by atoms with van der Waals surface area (Å²) in [6.07, 6.45) is 8.03. The van der Waals surface area contributed by atoms with Crippen molar-refractivity contribution in [3.8, 4) is 0 Å². The predicted molar refractivity (Wildman–Crippen MR) is 124 cm³/mol. The molecule has 2 rings (SSSR count). The highest BCUT2D eigenvalue weighted by Crippen LogP contribution is 2.46. The van der Waals surface area contributed by atoms with Crippen LogP contribution in [0.1, 0.15) is 66.7 Å². The molecule has 1 heterocycles. The Morgan fingerprint density at radius 1 is 1.19 bits per heavy atom. The number of esters is 1. The van der Waals surface area contributed by atoms with Crippen LogP contribution in [-0.2, 0) is 19.1 Å². The molecule has 0 aromatic rings. The lowest BCUT2D eigenvalue weighted by Crippen LogP contribution is -2.52. The average molecular weight is 451 g/mol. The van der Waals surface area contributed by atoms with Gasteiger partial charge in [0.1, 0.15) is 6.04 Å². The summed E-state index contributed by atoms with van der Waals surface area (Å²) in [6.45, 7) is 10.5. The smallest absolute Gasteiger partial charge is 0.310 e. The lowest BCUT2D eigenvalue weighted by Gasteiger charge is -2.34. The van der Waals surface area contributed by atoms with Gasteiger partial charge in [-0.3, -0.25) is 14.4 Å². The van der Waals surface area contributed by atoms with Crippen molar-refractivity contribution in [3.63, 3.8) is 0 Å². The van der Waals surface area contributed by atoms with E-state index in [4.69, 9.17) is 4.74 Å². The number of rotatable bonds is 12. The van der Waals surface area contributed by atoms with Gasteiger partial charge in [0.15, 0.2) is 0 Å². The first-order chi connectivity index (χ1) is 15.3. The fourth-order valence-electron chi connectivity index (χ4n) is 5.32. The minimum atomic E-state index is -0.726. The molecule has 1 fully saturated rings. The molecule has 0 radical (unpaired) electrons. The van der Waals surface area contributed by atoms with E-state index in [1.54, 1.807) is 11.8 Å². The Balaban J connectivity index is 2.48. The average Bonchev–Trinajstić information content (AvgIpc) is 3.04. The zero-order valence-corrected chi connectivity index (χ0v) is 20.4. The SMILES string of the molecule is CCCCNC(=O)[C@@H]1[C@H]2C=C[C@@H](CCC)[C@@H](C(=O)OCC)[C@@H]2C(=O)N1[C@@H](CO)CC(C)C. The van der Waals surface area contributed by atoms with Gasteiger partial charge >= 0.3 is 5.97 Å². The van der Waals surface area contributed by atoms with Crippen LogP contribution in [0.2, 0.25) is 0 Å². The number of nitrogens with zero attached hydrogens (tertiary/aromatic N) is 1. The van der Waals surface area contributed by atoms with Crippen LogP contribution in [0.5, 0.6) is 0 Å². The highest BCUT2D eigenvalue weighted by Gasteiger charge is 2.58. The van der Waals surface area contributed by atoms with Crippen molar-refractivity contribution in [3.05, 3.63) is 12.2 Å². The van der Waals surface area contributed by atoms with Crippen molar-refractivity contribution in [1.29, 1.82) is 0 Å². The molecule has 0 bridgehead atoms. The topological polar surface area (TPSA) is 95.9 Å². The van der Waals surface area contributed by atoms with E-state index in [-0.39, 0.29) is 42.8 Å². The number of carbonyl (C=O) groups is 3. The van der Waals surface area contributed by atoms with Crippen LogP contribution in [0.4, 0.5) is 0 Å². The predicted octanol–water partition coefficient (Wildman–Crippen LogP) is 2.92. The quantitative estimate of drug-likeness (QED) is 0.271. The van der Waals surface area contributed by atoms with Crippen molar-refractivity contribution < 1.29 is 24.2 Å². The second-order valence-corrected chi connectivity index (χ2v) is 9.52. The number of nitrogens with one attached hydrogen (secondary N) is 1. The number of likely N-dealkylation sites (tertiary alicyclic amines) is 1. The number of aliphatic hydroxyl groups is 1. The van der Waals surface area contributed by atoms with Gasteiger partial charge in [-0.2, -0.15) is 0 Å². The number of carbonyl (C=O) groups excluding carboxylic acids is 3. The first-order valence-corrected chi connectivity index (χ1v) is 12.4. The van der Waals surface area contributed by atoms with Crippen molar-refractivity contribution >= 4 is 17.8 Å². The Hall–Kier alpha value is -1.89. The van der Waals surface area contributed by atoms with Crippen LogP contribution < -0.4 is 5.32 Å². The van der Waals surface area contributed by atoms with Crippen LogP contribution in [0, 0.1) is 29.6 Å². The van der Waals surface area contributed by atoms with E-state index in [9.17, 15) is 19.5 Å². The molecule has 0 aromatic carbocycles. The van der Waals surface area contributed by atoms with Crippen LogP contribution in [-0.4, -0.2) is 59.6 Å². The summed E-state index contributed by atoms with van der Waals surface area (Å²) < 4.78 is 5.38. The van der Waals surface area contributed by atoms with Gasteiger partial charge in [-0.25, -0.2) is 0 Å². The number of ether oxygens (including phenoxy) is 1. The van der Waals surface area contributed by atoms with Gasteiger partial charge < -0.3 is 20.1 Å². The van der Waals surface area contributed by atoms with Gasteiger partial charge in [0.25, 0.3) is 0 Å². The molecule has 0 spiro atoms. The number of aliphatic hydroxyl groups excluding tert-OH is 1. The Morgan fingerprint density at radius 3 is 2.47 bits per heavy atom. The fraction of sp³-hybridized carbons (Fsp3) is 0.800. The number of allylic oxidation sites excluding steroid dienone is 1. The second-order valence-electron chi connectivity index (χ2n) is 9.52. The standard InChI is InChI=1S/C25H42N2O5/c1-6-9-13-26-23(29)22-19-12-11-17(10-7-2)20(25(31)32-8-3)21(19)24(30)27(22)18(15-28)14-16(4)5/h11-12,16-22,28H,6-10,13-15H2,1-5H3,(H,26,29)/t17-,18-,19+,20-,21-,22+/m1/s1. The van der Waals surface area contributed by atoms with Crippen molar-refractivity contribution in [2.75, 3.05) is 19.8 Å². The van der Waals surface area contributed by atoms with E-state index in [1.807, 2.05) is 26.0 Å². The first kappa shape index (κ1) is 26.4. The summed E-state index contributed by atoms with van der Waals surface area (Å²) in [7, 11) is 0. The molecule has 182 valence electrons. The van der Waals surface area contributed by atoms with Gasteiger partial charge in [-0.1, -0.05) is 52.7 Å². The Kier molecular flexibility index (Phi) is 10.2. The number of hydrogen-bond acceptors (Lipinski definition) is 5. The molecule has 2 aliphatic rings. The van der Waals surface area contributed by atoms with Crippen LogP contribution in [0.3, 0.4) is 0 Å². The molecule has 0 saturated carbocycles. The molecule has 1 saturated heterocycles.